The number of allylic oxidation sites excluding steroid dienone is 1. The minimum absolute atomic E-state index is 0.301. The van der Waals surface area contributed by atoms with Gasteiger partial charge in [-0.25, -0.2) is 4.68 Å². The van der Waals surface area contributed by atoms with Crippen LogP contribution in [0.5, 0.6) is 17.2 Å². The number of carbonyl (C=O) groups is 1. The second-order valence-electron chi connectivity index (χ2n) is 9.97. The van der Waals surface area contributed by atoms with Gasteiger partial charge in [-0.15, -0.1) is 5.10 Å². The number of rotatable bonds is 9. The minimum Gasteiger partial charge on any atom is -0.495 e. The Kier molecular flexibility index (Phi) is 7.78. The molecule has 4 aromatic carbocycles. The lowest BCUT2D eigenvalue weighted by Gasteiger charge is -2.29. The Labute approximate surface area is 249 Å². The first kappa shape index (κ1) is 27.6. The number of anilines is 2. The number of benzene rings is 4. The quantitative estimate of drug-likeness (QED) is 0.209. The predicted molar refractivity (Wildman–Crippen MR) is 165 cm³/mol. The Morgan fingerprint density at radius 2 is 1.56 bits per heavy atom. The lowest BCUT2D eigenvalue weighted by molar-refractivity contribution is -0.113. The molecule has 9 nitrogen and oxygen atoms in total. The van der Waals surface area contributed by atoms with E-state index in [4.69, 9.17) is 24.3 Å². The molecule has 1 atom stereocenters. The van der Waals surface area contributed by atoms with Gasteiger partial charge in [0.15, 0.2) is 17.3 Å². The molecule has 1 aliphatic rings. The summed E-state index contributed by atoms with van der Waals surface area (Å²) in [6, 6.07) is 32.0. The number of carbonyl (C=O) groups excluding carboxylic acids is 1. The molecule has 9 heteroatoms. The fourth-order valence-electron chi connectivity index (χ4n) is 5.11. The number of para-hydroxylation sites is 2. The van der Waals surface area contributed by atoms with Crippen molar-refractivity contribution in [2.45, 2.75) is 19.6 Å². The van der Waals surface area contributed by atoms with Crippen LogP contribution < -0.4 is 24.8 Å². The highest BCUT2D eigenvalue weighted by Gasteiger charge is 2.35. The molecule has 216 valence electrons. The van der Waals surface area contributed by atoms with Gasteiger partial charge in [-0.3, -0.25) is 4.79 Å². The van der Waals surface area contributed by atoms with E-state index in [0.29, 0.717) is 52.6 Å². The number of nitrogens with one attached hydrogen (secondary N) is 2. The number of hydrogen-bond donors (Lipinski definition) is 2. The van der Waals surface area contributed by atoms with Crippen LogP contribution in [0.2, 0.25) is 0 Å². The molecular weight excluding hydrogens is 542 g/mol. The van der Waals surface area contributed by atoms with Crippen LogP contribution in [0.15, 0.2) is 114 Å². The molecule has 1 amide bonds. The standard InChI is InChI=1S/C34H31N5O4/c1-22-30(33(40)36-26-16-10-11-17-27(26)41-2)31(39-34(35-22)37-32(38-39)24-14-8-5-9-15-24)25-18-19-28(29(20-25)42-3)43-21-23-12-6-4-7-13-23/h4-20,31H,21H2,1-3H3,(H,36,40)(H,35,37,38). The molecule has 0 radical (unpaired) electrons. The molecule has 0 saturated carbocycles. The van der Waals surface area contributed by atoms with Crippen LogP contribution in [0.1, 0.15) is 24.1 Å². The van der Waals surface area contributed by atoms with E-state index in [1.54, 1.807) is 31.0 Å². The van der Waals surface area contributed by atoms with Crippen LogP contribution in [0.25, 0.3) is 11.4 Å². The number of ether oxygens (including phenoxy) is 3. The topological polar surface area (TPSA) is 99.5 Å². The maximum atomic E-state index is 14.0. The molecule has 43 heavy (non-hydrogen) atoms. The van der Waals surface area contributed by atoms with Crippen molar-refractivity contribution < 1.29 is 19.0 Å². The van der Waals surface area contributed by atoms with Crippen molar-refractivity contribution in [1.29, 1.82) is 0 Å². The summed E-state index contributed by atoms with van der Waals surface area (Å²) in [6.07, 6.45) is 0. The average Bonchev–Trinajstić information content (AvgIpc) is 3.48. The smallest absolute Gasteiger partial charge is 0.255 e. The zero-order valence-electron chi connectivity index (χ0n) is 24.1. The first-order valence-corrected chi connectivity index (χ1v) is 13.8. The molecule has 1 unspecified atom stereocenters. The summed E-state index contributed by atoms with van der Waals surface area (Å²) in [6.45, 7) is 2.25. The largest absolute Gasteiger partial charge is 0.495 e. The molecule has 0 aliphatic carbocycles. The van der Waals surface area contributed by atoms with Gasteiger partial charge in [0.2, 0.25) is 5.95 Å². The summed E-state index contributed by atoms with van der Waals surface area (Å²) < 4.78 is 19.1. The Morgan fingerprint density at radius 1 is 0.860 bits per heavy atom. The average molecular weight is 574 g/mol. The maximum absolute atomic E-state index is 14.0. The molecule has 2 N–H and O–H groups in total. The summed E-state index contributed by atoms with van der Waals surface area (Å²) in [5, 5.41) is 11.2. The van der Waals surface area contributed by atoms with Crippen molar-refractivity contribution in [1.82, 2.24) is 14.8 Å². The Balaban J connectivity index is 1.41. The number of fused-ring (bicyclic) bond motifs is 1. The van der Waals surface area contributed by atoms with Gasteiger partial charge in [-0.05, 0) is 42.3 Å². The lowest BCUT2D eigenvalue weighted by Crippen LogP contribution is -2.31. The lowest BCUT2D eigenvalue weighted by atomic mass is 9.94. The van der Waals surface area contributed by atoms with Gasteiger partial charge < -0.3 is 24.8 Å². The number of amides is 1. The third kappa shape index (κ3) is 5.65. The summed E-state index contributed by atoms with van der Waals surface area (Å²) in [7, 11) is 3.17. The molecule has 2 heterocycles. The van der Waals surface area contributed by atoms with E-state index in [2.05, 4.69) is 10.6 Å². The van der Waals surface area contributed by atoms with E-state index in [1.165, 1.54) is 0 Å². The van der Waals surface area contributed by atoms with Crippen LogP contribution in [-0.2, 0) is 11.4 Å². The zero-order valence-corrected chi connectivity index (χ0v) is 24.1. The third-order valence-corrected chi connectivity index (χ3v) is 7.22. The first-order valence-electron chi connectivity index (χ1n) is 13.8. The van der Waals surface area contributed by atoms with E-state index >= 15 is 0 Å². The van der Waals surface area contributed by atoms with Gasteiger partial charge in [0, 0.05) is 11.3 Å². The van der Waals surface area contributed by atoms with Gasteiger partial charge in [0.25, 0.3) is 5.91 Å². The van der Waals surface area contributed by atoms with Crippen LogP contribution in [0.3, 0.4) is 0 Å². The molecular formula is C34H31N5O4. The van der Waals surface area contributed by atoms with Crippen molar-refractivity contribution >= 4 is 17.5 Å². The minimum atomic E-state index is -0.618. The van der Waals surface area contributed by atoms with Crippen molar-refractivity contribution in [3.05, 3.63) is 126 Å². The van der Waals surface area contributed by atoms with Gasteiger partial charge in [-0.1, -0.05) is 78.9 Å². The number of hydrogen-bond acceptors (Lipinski definition) is 7. The molecule has 0 spiro atoms. The number of aromatic nitrogens is 3. The molecule has 0 saturated heterocycles. The predicted octanol–water partition coefficient (Wildman–Crippen LogP) is 6.47. The van der Waals surface area contributed by atoms with E-state index < -0.39 is 6.04 Å². The van der Waals surface area contributed by atoms with Crippen molar-refractivity contribution in [2.75, 3.05) is 24.9 Å². The van der Waals surface area contributed by atoms with Gasteiger partial charge in [0.05, 0.1) is 25.5 Å². The van der Waals surface area contributed by atoms with Crippen molar-refractivity contribution in [2.24, 2.45) is 0 Å². The molecule has 6 rings (SSSR count). The maximum Gasteiger partial charge on any atom is 0.255 e. The monoisotopic (exact) mass is 573 g/mol. The van der Waals surface area contributed by atoms with E-state index in [1.807, 2.05) is 97.9 Å². The van der Waals surface area contributed by atoms with Crippen LogP contribution in [0.4, 0.5) is 11.6 Å². The normalized spacial score (nSPS) is 14.0. The molecule has 1 aromatic heterocycles. The number of nitrogens with zero attached hydrogens (tertiary/aromatic N) is 3. The van der Waals surface area contributed by atoms with Gasteiger partial charge in [-0.2, -0.15) is 4.98 Å². The molecule has 0 bridgehead atoms. The Hall–Kier alpha value is -5.57. The van der Waals surface area contributed by atoms with E-state index in [-0.39, 0.29) is 5.91 Å². The van der Waals surface area contributed by atoms with Crippen LogP contribution in [0, 0.1) is 0 Å². The summed E-state index contributed by atoms with van der Waals surface area (Å²) in [5.74, 6) is 2.46. The second kappa shape index (κ2) is 12.1. The number of methoxy groups -OCH3 is 2. The van der Waals surface area contributed by atoms with E-state index in [9.17, 15) is 4.79 Å². The van der Waals surface area contributed by atoms with Crippen LogP contribution >= 0.6 is 0 Å². The van der Waals surface area contributed by atoms with Crippen molar-refractivity contribution in [3.8, 4) is 28.6 Å². The first-order chi connectivity index (χ1) is 21.1. The SMILES string of the molecule is COc1ccccc1NC(=O)C1=C(C)Nc2nc(-c3ccccc3)nn2C1c1ccc(OCc2ccccc2)c(OC)c1. The van der Waals surface area contributed by atoms with E-state index in [0.717, 1.165) is 16.7 Å². The fourth-order valence-corrected chi connectivity index (χ4v) is 5.11. The molecule has 1 aliphatic heterocycles. The second-order valence-corrected chi connectivity index (χ2v) is 9.97. The highest BCUT2D eigenvalue weighted by molar-refractivity contribution is 6.06. The Morgan fingerprint density at radius 3 is 2.30 bits per heavy atom. The van der Waals surface area contributed by atoms with Gasteiger partial charge in [0.1, 0.15) is 18.4 Å². The summed E-state index contributed by atoms with van der Waals surface area (Å²) >= 11 is 0. The zero-order chi connectivity index (χ0) is 29.8. The summed E-state index contributed by atoms with van der Waals surface area (Å²) in [5.41, 5.74) is 4.38. The van der Waals surface area contributed by atoms with Gasteiger partial charge >= 0.3 is 0 Å². The fraction of sp³-hybridized carbons (Fsp3) is 0.147. The highest BCUT2D eigenvalue weighted by atomic mass is 16.5. The summed E-state index contributed by atoms with van der Waals surface area (Å²) in [4.78, 5) is 18.8. The van der Waals surface area contributed by atoms with Crippen LogP contribution in [-0.4, -0.2) is 34.9 Å². The molecule has 0 fully saturated rings. The van der Waals surface area contributed by atoms with Crippen molar-refractivity contribution in [3.63, 3.8) is 0 Å². The third-order valence-electron chi connectivity index (χ3n) is 7.22. The molecule has 5 aromatic rings. The Bertz CT molecular complexity index is 1780. The highest BCUT2D eigenvalue weighted by Crippen LogP contribution is 2.40.